The van der Waals surface area contributed by atoms with E-state index in [9.17, 15) is 0 Å². The lowest BCUT2D eigenvalue weighted by atomic mass is 10.2. The van der Waals surface area contributed by atoms with Crippen molar-refractivity contribution in [1.82, 2.24) is 19.6 Å². The lowest BCUT2D eigenvalue weighted by molar-refractivity contribution is 0.674. The fourth-order valence-corrected chi connectivity index (χ4v) is 3.54. The third kappa shape index (κ3) is 3.59. The third-order valence-corrected chi connectivity index (χ3v) is 4.76. The number of hydrogen-bond donors (Lipinski definition) is 1. The molecule has 1 atom stereocenters. The van der Waals surface area contributed by atoms with E-state index in [2.05, 4.69) is 27.4 Å². The van der Waals surface area contributed by atoms with Gasteiger partial charge in [-0.15, -0.1) is 0 Å². The van der Waals surface area contributed by atoms with Crippen molar-refractivity contribution in [3.8, 4) is 0 Å². The van der Waals surface area contributed by atoms with Crippen LogP contribution in [0.15, 0.2) is 60.0 Å². The SMILES string of the molecule is Cc1ccn(CC2=NN(c3ccn(Cc4ccccc4)n3)C(N)S2)n1. The molecular formula is C17H19N7S. The number of anilines is 1. The lowest BCUT2D eigenvalue weighted by Crippen LogP contribution is -2.32. The van der Waals surface area contributed by atoms with Crippen LogP contribution in [0.1, 0.15) is 11.3 Å². The summed E-state index contributed by atoms with van der Waals surface area (Å²) in [6.07, 6.45) is 3.89. The van der Waals surface area contributed by atoms with Gasteiger partial charge in [0.05, 0.1) is 18.8 Å². The summed E-state index contributed by atoms with van der Waals surface area (Å²) in [7, 11) is 0. The molecule has 4 rings (SSSR count). The zero-order valence-electron chi connectivity index (χ0n) is 13.9. The molecule has 0 amide bonds. The summed E-state index contributed by atoms with van der Waals surface area (Å²) >= 11 is 1.53. The quantitative estimate of drug-likeness (QED) is 0.761. The standard InChI is InChI=1S/C17H19N7S/c1-13-7-9-23(19-13)12-16-21-24(17(18)25-16)15-8-10-22(20-15)11-14-5-3-2-4-6-14/h2-10,17H,11-12,18H2,1H3. The van der Waals surface area contributed by atoms with Gasteiger partial charge in [-0.25, -0.2) is 5.01 Å². The maximum absolute atomic E-state index is 6.22. The van der Waals surface area contributed by atoms with Crippen molar-refractivity contribution in [2.24, 2.45) is 10.8 Å². The van der Waals surface area contributed by atoms with E-state index in [0.717, 1.165) is 23.1 Å². The molecular weight excluding hydrogens is 334 g/mol. The fourth-order valence-electron chi connectivity index (χ4n) is 2.66. The number of nitrogens with two attached hydrogens (primary N) is 1. The summed E-state index contributed by atoms with van der Waals surface area (Å²) in [4.78, 5) is 0. The fraction of sp³-hybridized carbons (Fsp3) is 0.235. The Balaban J connectivity index is 1.47. The van der Waals surface area contributed by atoms with E-state index in [-0.39, 0.29) is 5.50 Å². The predicted octanol–water partition coefficient (Wildman–Crippen LogP) is 2.25. The minimum atomic E-state index is -0.272. The van der Waals surface area contributed by atoms with E-state index in [0.29, 0.717) is 6.54 Å². The van der Waals surface area contributed by atoms with Crippen molar-refractivity contribution in [1.29, 1.82) is 0 Å². The van der Waals surface area contributed by atoms with E-state index in [1.165, 1.54) is 17.3 Å². The lowest BCUT2D eigenvalue weighted by Gasteiger charge is -2.15. The second-order valence-electron chi connectivity index (χ2n) is 5.86. The van der Waals surface area contributed by atoms with Crippen LogP contribution in [-0.2, 0) is 13.1 Å². The molecule has 0 aliphatic carbocycles. The van der Waals surface area contributed by atoms with Gasteiger partial charge in [-0.1, -0.05) is 42.1 Å². The average Bonchev–Trinajstić information content (AvgIpc) is 3.30. The maximum Gasteiger partial charge on any atom is 0.173 e. The minimum Gasteiger partial charge on any atom is -0.301 e. The van der Waals surface area contributed by atoms with Crippen molar-refractivity contribution in [3.05, 3.63) is 66.1 Å². The Kier molecular flexibility index (Phi) is 4.29. The van der Waals surface area contributed by atoms with Gasteiger partial charge in [0, 0.05) is 18.5 Å². The van der Waals surface area contributed by atoms with Gasteiger partial charge in [0.1, 0.15) is 5.04 Å². The number of benzene rings is 1. The van der Waals surface area contributed by atoms with Crippen LogP contribution in [0, 0.1) is 6.92 Å². The molecule has 2 aromatic heterocycles. The van der Waals surface area contributed by atoms with E-state index in [4.69, 9.17) is 5.73 Å². The van der Waals surface area contributed by atoms with Crippen LogP contribution < -0.4 is 10.7 Å². The van der Waals surface area contributed by atoms with Gasteiger partial charge in [-0.3, -0.25) is 9.36 Å². The Morgan fingerprint density at radius 1 is 1.00 bits per heavy atom. The number of rotatable bonds is 5. The molecule has 3 heterocycles. The number of thioether (sulfide) groups is 1. The second-order valence-corrected chi connectivity index (χ2v) is 7.05. The molecule has 0 saturated heterocycles. The Hall–Kier alpha value is -2.58. The summed E-state index contributed by atoms with van der Waals surface area (Å²) in [6, 6.07) is 14.1. The molecule has 2 N–H and O–H groups in total. The molecule has 1 aromatic carbocycles. The summed E-state index contributed by atoms with van der Waals surface area (Å²) in [6.45, 7) is 3.31. The van der Waals surface area contributed by atoms with Gasteiger partial charge in [-0.05, 0) is 18.6 Å². The second kappa shape index (κ2) is 6.73. The molecule has 0 fully saturated rings. The van der Waals surface area contributed by atoms with Crippen LogP contribution in [0.4, 0.5) is 5.82 Å². The zero-order chi connectivity index (χ0) is 17.2. The van der Waals surface area contributed by atoms with Crippen LogP contribution in [0.2, 0.25) is 0 Å². The molecule has 3 aromatic rings. The van der Waals surface area contributed by atoms with Crippen molar-refractivity contribution in [2.75, 3.05) is 5.01 Å². The molecule has 7 nitrogen and oxygen atoms in total. The third-order valence-electron chi connectivity index (χ3n) is 3.84. The number of nitrogens with zero attached hydrogens (tertiary/aromatic N) is 6. The Morgan fingerprint density at radius 2 is 1.76 bits per heavy atom. The predicted molar refractivity (Wildman–Crippen MR) is 100 cm³/mol. The molecule has 0 bridgehead atoms. The van der Waals surface area contributed by atoms with Gasteiger partial charge in [0.15, 0.2) is 11.3 Å². The molecule has 0 saturated carbocycles. The zero-order valence-corrected chi connectivity index (χ0v) is 14.7. The largest absolute Gasteiger partial charge is 0.301 e. The molecule has 0 radical (unpaired) electrons. The molecule has 25 heavy (non-hydrogen) atoms. The molecule has 1 unspecified atom stereocenters. The first kappa shape index (κ1) is 15.9. The first-order valence-electron chi connectivity index (χ1n) is 8.04. The minimum absolute atomic E-state index is 0.272. The van der Waals surface area contributed by atoms with Gasteiger partial charge in [0.2, 0.25) is 0 Å². The Bertz CT molecular complexity index is 883. The highest BCUT2D eigenvalue weighted by Gasteiger charge is 2.27. The van der Waals surface area contributed by atoms with Crippen molar-refractivity contribution in [3.63, 3.8) is 0 Å². The van der Waals surface area contributed by atoms with E-state index < -0.39 is 0 Å². The van der Waals surface area contributed by atoms with Crippen molar-refractivity contribution in [2.45, 2.75) is 25.5 Å². The summed E-state index contributed by atoms with van der Waals surface area (Å²) in [5.74, 6) is 0.752. The van der Waals surface area contributed by atoms with Gasteiger partial charge in [-0.2, -0.15) is 15.3 Å². The van der Waals surface area contributed by atoms with Gasteiger partial charge >= 0.3 is 0 Å². The molecule has 0 spiro atoms. The van der Waals surface area contributed by atoms with Crippen LogP contribution >= 0.6 is 11.8 Å². The summed E-state index contributed by atoms with van der Waals surface area (Å²) < 4.78 is 3.76. The first-order valence-corrected chi connectivity index (χ1v) is 8.92. The number of aromatic nitrogens is 4. The average molecular weight is 353 g/mol. The summed E-state index contributed by atoms with van der Waals surface area (Å²) in [5, 5.41) is 16.3. The smallest absolute Gasteiger partial charge is 0.173 e. The highest BCUT2D eigenvalue weighted by Crippen LogP contribution is 2.27. The highest BCUT2D eigenvalue weighted by molar-refractivity contribution is 8.14. The number of hydrogen-bond acceptors (Lipinski definition) is 6. The molecule has 1 aliphatic heterocycles. The van der Waals surface area contributed by atoms with Crippen LogP contribution in [-0.4, -0.2) is 30.1 Å². The van der Waals surface area contributed by atoms with E-state index in [1.807, 2.05) is 59.0 Å². The monoisotopic (exact) mass is 353 g/mol. The maximum atomic E-state index is 6.22. The van der Waals surface area contributed by atoms with Crippen LogP contribution in [0.3, 0.4) is 0 Å². The molecule has 1 aliphatic rings. The summed E-state index contributed by atoms with van der Waals surface area (Å²) in [5.41, 5.74) is 8.14. The first-order chi connectivity index (χ1) is 12.2. The number of hydrazone groups is 1. The van der Waals surface area contributed by atoms with Crippen LogP contribution in [0.5, 0.6) is 0 Å². The normalized spacial score (nSPS) is 17.1. The Labute approximate surface area is 150 Å². The van der Waals surface area contributed by atoms with E-state index >= 15 is 0 Å². The van der Waals surface area contributed by atoms with Crippen molar-refractivity contribution < 1.29 is 0 Å². The Morgan fingerprint density at radius 3 is 2.52 bits per heavy atom. The molecule has 128 valence electrons. The van der Waals surface area contributed by atoms with Crippen molar-refractivity contribution >= 4 is 22.6 Å². The topological polar surface area (TPSA) is 77.3 Å². The highest BCUT2D eigenvalue weighted by atomic mass is 32.2. The number of aryl methyl sites for hydroxylation is 1. The molecule has 8 heteroatoms. The van der Waals surface area contributed by atoms with E-state index in [1.54, 1.807) is 5.01 Å². The van der Waals surface area contributed by atoms with Gasteiger partial charge in [0.25, 0.3) is 0 Å². The van der Waals surface area contributed by atoms with Gasteiger partial charge < -0.3 is 5.73 Å². The van der Waals surface area contributed by atoms with Crippen LogP contribution in [0.25, 0.3) is 0 Å².